The zero-order chi connectivity index (χ0) is 12.4. The highest BCUT2D eigenvalue weighted by molar-refractivity contribution is 5.65. The van der Waals surface area contributed by atoms with E-state index in [1.165, 1.54) is 6.92 Å². The van der Waals surface area contributed by atoms with Gasteiger partial charge in [0.2, 0.25) is 0 Å². The fourth-order valence-corrected chi connectivity index (χ4v) is 1.09. The molecule has 0 aliphatic carbocycles. The number of esters is 1. The topological polar surface area (TPSA) is 26.3 Å². The van der Waals surface area contributed by atoms with Gasteiger partial charge < -0.3 is 4.74 Å². The maximum absolute atomic E-state index is 9.82. The van der Waals surface area contributed by atoms with Gasteiger partial charge in [0.25, 0.3) is 0 Å². The molecule has 16 heavy (non-hydrogen) atoms. The molecule has 0 aromatic heterocycles. The van der Waals surface area contributed by atoms with E-state index in [4.69, 9.17) is 0 Å². The molecule has 1 aromatic rings. The van der Waals surface area contributed by atoms with E-state index in [0.717, 1.165) is 11.1 Å². The average Bonchev–Trinajstić information content (AvgIpc) is 2.29. The molecule has 0 fully saturated rings. The van der Waals surface area contributed by atoms with Crippen molar-refractivity contribution in [1.82, 2.24) is 0 Å². The zero-order valence-corrected chi connectivity index (χ0v) is 9.90. The molecular formula is C14H18O2. The standard InChI is InChI=1S/C10H10.C4H8O2/c1-3-9-7-5-6-8-10(9)4-2;1-3-6-4(2)5/h3-8H,1-2H2;3H2,1-2H3. The van der Waals surface area contributed by atoms with Crippen molar-refractivity contribution >= 4 is 18.1 Å². The van der Waals surface area contributed by atoms with Gasteiger partial charge in [-0.1, -0.05) is 49.6 Å². The largest absolute Gasteiger partial charge is 0.466 e. The van der Waals surface area contributed by atoms with Crippen molar-refractivity contribution in [3.63, 3.8) is 0 Å². The third kappa shape index (κ3) is 5.81. The molecule has 0 amide bonds. The minimum Gasteiger partial charge on any atom is -0.466 e. The number of hydrogen-bond donors (Lipinski definition) is 0. The minimum atomic E-state index is -0.211. The Balaban J connectivity index is 0.000000325. The lowest BCUT2D eigenvalue weighted by atomic mass is 10.1. The van der Waals surface area contributed by atoms with Gasteiger partial charge in [0.15, 0.2) is 0 Å². The summed E-state index contributed by atoms with van der Waals surface area (Å²) in [6.07, 6.45) is 3.66. The van der Waals surface area contributed by atoms with Gasteiger partial charge in [-0.3, -0.25) is 4.79 Å². The molecule has 0 atom stereocenters. The SMILES string of the molecule is C=Cc1ccccc1C=C.CCOC(C)=O. The summed E-state index contributed by atoms with van der Waals surface area (Å²) in [6.45, 7) is 11.0. The molecule has 0 spiro atoms. The summed E-state index contributed by atoms with van der Waals surface area (Å²) in [5.74, 6) is -0.211. The molecule has 2 nitrogen and oxygen atoms in total. The quantitative estimate of drug-likeness (QED) is 0.725. The highest BCUT2D eigenvalue weighted by atomic mass is 16.5. The van der Waals surface area contributed by atoms with Crippen LogP contribution in [-0.4, -0.2) is 12.6 Å². The summed E-state index contributed by atoms with van der Waals surface area (Å²) in [5.41, 5.74) is 2.27. The van der Waals surface area contributed by atoms with Crippen LogP contribution in [0.15, 0.2) is 37.4 Å². The second kappa shape index (κ2) is 8.48. The first-order valence-corrected chi connectivity index (χ1v) is 5.13. The molecule has 86 valence electrons. The van der Waals surface area contributed by atoms with E-state index in [-0.39, 0.29) is 5.97 Å². The number of carbonyl (C=O) groups is 1. The van der Waals surface area contributed by atoms with Crippen LogP contribution in [0.4, 0.5) is 0 Å². The Morgan fingerprint density at radius 3 is 1.88 bits per heavy atom. The van der Waals surface area contributed by atoms with Gasteiger partial charge in [0.05, 0.1) is 6.61 Å². The first kappa shape index (κ1) is 14.2. The molecule has 0 N–H and O–H groups in total. The van der Waals surface area contributed by atoms with E-state index >= 15 is 0 Å². The van der Waals surface area contributed by atoms with Crippen LogP contribution in [0.3, 0.4) is 0 Å². The maximum atomic E-state index is 9.82. The lowest BCUT2D eigenvalue weighted by molar-refractivity contribution is -0.140. The number of hydrogen-bond acceptors (Lipinski definition) is 2. The minimum absolute atomic E-state index is 0.211. The summed E-state index contributed by atoms with van der Waals surface area (Å²) < 4.78 is 4.40. The van der Waals surface area contributed by atoms with Gasteiger partial charge in [-0.05, 0) is 18.1 Å². The van der Waals surface area contributed by atoms with Crippen LogP contribution < -0.4 is 0 Å². The van der Waals surface area contributed by atoms with Crippen LogP contribution in [0.1, 0.15) is 25.0 Å². The fourth-order valence-electron chi connectivity index (χ4n) is 1.09. The van der Waals surface area contributed by atoms with Crippen LogP contribution in [0.2, 0.25) is 0 Å². The Morgan fingerprint density at radius 1 is 1.25 bits per heavy atom. The van der Waals surface area contributed by atoms with Crippen molar-refractivity contribution in [3.8, 4) is 0 Å². The number of ether oxygens (including phenoxy) is 1. The predicted molar refractivity (Wildman–Crippen MR) is 68.9 cm³/mol. The lowest BCUT2D eigenvalue weighted by Crippen LogP contribution is -1.95. The molecule has 2 heteroatoms. The van der Waals surface area contributed by atoms with Gasteiger partial charge in [-0.2, -0.15) is 0 Å². The van der Waals surface area contributed by atoms with E-state index in [0.29, 0.717) is 6.61 Å². The predicted octanol–water partition coefficient (Wildman–Crippen LogP) is 3.54. The molecule has 1 rings (SSSR count). The second-order valence-electron chi connectivity index (χ2n) is 2.96. The van der Waals surface area contributed by atoms with Crippen LogP contribution in [0, 0.1) is 0 Å². The molecule has 0 saturated heterocycles. The normalized spacial score (nSPS) is 8.38. The van der Waals surface area contributed by atoms with Crippen LogP contribution >= 0.6 is 0 Å². The first-order chi connectivity index (χ1) is 7.65. The van der Waals surface area contributed by atoms with Crippen molar-refractivity contribution in [2.45, 2.75) is 13.8 Å². The number of benzene rings is 1. The second-order valence-corrected chi connectivity index (χ2v) is 2.96. The molecule has 0 unspecified atom stereocenters. The molecule has 0 bridgehead atoms. The molecule has 0 aliphatic heterocycles. The van der Waals surface area contributed by atoms with Crippen molar-refractivity contribution in [3.05, 3.63) is 48.6 Å². The van der Waals surface area contributed by atoms with E-state index in [1.807, 2.05) is 36.4 Å². The molecule has 0 aliphatic rings. The van der Waals surface area contributed by atoms with Crippen molar-refractivity contribution in [2.75, 3.05) is 6.61 Å². The van der Waals surface area contributed by atoms with E-state index in [9.17, 15) is 4.79 Å². The van der Waals surface area contributed by atoms with Crippen LogP contribution in [-0.2, 0) is 9.53 Å². The van der Waals surface area contributed by atoms with Gasteiger partial charge in [-0.25, -0.2) is 0 Å². The number of rotatable bonds is 3. The third-order valence-electron chi connectivity index (χ3n) is 1.78. The Kier molecular flexibility index (Phi) is 7.51. The summed E-state index contributed by atoms with van der Waals surface area (Å²) >= 11 is 0. The van der Waals surface area contributed by atoms with Gasteiger partial charge in [0, 0.05) is 6.92 Å². The monoisotopic (exact) mass is 218 g/mol. The highest BCUT2D eigenvalue weighted by Gasteiger charge is 1.89. The Hall–Kier alpha value is -1.83. The van der Waals surface area contributed by atoms with Crippen molar-refractivity contribution in [2.24, 2.45) is 0 Å². The summed E-state index contributed by atoms with van der Waals surface area (Å²) in [7, 11) is 0. The molecule has 0 saturated carbocycles. The van der Waals surface area contributed by atoms with Gasteiger partial charge >= 0.3 is 5.97 Å². The van der Waals surface area contributed by atoms with E-state index < -0.39 is 0 Å². The third-order valence-corrected chi connectivity index (χ3v) is 1.78. The smallest absolute Gasteiger partial charge is 0.302 e. The summed E-state index contributed by atoms with van der Waals surface area (Å²) in [5, 5.41) is 0. The lowest BCUT2D eigenvalue weighted by Gasteiger charge is -1.96. The first-order valence-electron chi connectivity index (χ1n) is 5.13. The number of carbonyl (C=O) groups excluding carboxylic acids is 1. The van der Waals surface area contributed by atoms with E-state index in [2.05, 4.69) is 17.9 Å². The fraction of sp³-hybridized carbons (Fsp3) is 0.214. The Labute approximate surface area is 97.3 Å². The molecule has 0 radical (unpaired) electrons. The highest BCUT2D eigenvalue weighted by Crippen LogP contribution is 2.10. The molecular weight excluding hydrogens is 200 g/mol. The molecule has 0 heterocycles. The average molecular weight is 218 g/mol. The summed E-state index contributed by atoms with van der Waals surface area (Å²) in [6, 6.07) is 8.02. The van der Waals surface area contributed by atoms with Gasteiger partial charge in [0.1, 0.15) is 0 Å². The van der Waals surface area contributed by atoms with Crippen LogP contribution in [0.25, 0.3) is 12.2 Å². The Bertz CT molecular complexity index is 327. The zero-order valence-electron chi connectivity index (χ0n) is 9.90. The van der Waals surface area contributed by atoms with Gasteiger partial charge in [-0.15, -0.1) is 0 Å². The summed E-state index contributed by atoms with van der Waals surface area (Å²) in [4.78, 5) is 9.82. The maximum Gasteiger partial charge on any atom is 0.302 e. The Morgan fingerprint density at radius 2 is 1.69 bits per heavy atom. The van der Waals surface area contributed by atoms with Crippen molar-refractivity contribution in [1.29, 1.82) is 0 Å². The van der Waals surface area contributed by atoms with Crippen LogP contribution in [0.5, 0.6) is 0 Å². The molecule has 1 aromatic carbocycles. The van der Waals surface area contributed by atoms with Crippen molar-refractivity contribution < 1.29 is 9.53 Å². The van der Waals surface area contributed by atoms with E-state index in [1.54, 1.807) is 6.92 Å².